The summed E-state index contributed by atoms with van der Waals surface area (Å²) in [4.78, 5) is 33.0. The Labute approximate surface area is 203 Å². The molecule has 1 amide bonds. The number of anilines is 1. The molecule has 0 radical (unpaired) electrons. The molecular weight excluding hydrogens is 504 g/mol. The molecule has 3 heterocycles. The maximum Gasteiger partial charge on any atom is 0.297 e. The van der Waals surface area contributed by atoms with Crippen LogP contribution in [0.25, 0.3) is 11.0 Å². The van der Waals surface area contributed by atoms with Gasteiger partial charge < -0.3 is 9.15 Å². The predicted octanol–water partition coefficient (Wildman–Crippen LogP) is 6.19. The number of amides is 1. The molecular formula is C25H21BrN2O4S. The van der Waals surface area contributed by atoms with E-state index in [9.17, 15) is 9.59 Å². The van der Waals surface area contributed by atoms with Crippen LogP contribution in [0.4, 0.5) is 5.13 Å². The van der Waals surface area contributed by atoms with Crippen LogP contribution in [0.1, 0.15) is 48.0 Å². The highest BCUT2D eigenvalue weighted by Crippen LogP contribution is 2.42. The van der Waals surface area contributed by atoms with E-state index in [0.717, 1.165) is 16.5 Å². The first-order chi connectivity index (χ1) is 15.9. The normalized spacial score (nSPS) is 15.5. The molecule has 0 N–H and O–H groups in total. The Morgan fingerprint density at radius 2 is 2.06 bits per heavy atom. The summed E-state index contributed by atoms with van der Waals surface area (Å²) in [5, 5.41) is 2.73. The van der Waals surface area contributed by atoms with Gasteiger partial charge in [-0.25, -0.2) is 4.98 Å². The second kappa shape index (κ2) is 8.76. The number of halogens is 1. The SMILES string of the molecule is CC(C)CCOc1cccc(C2c3c(oc4ccc(Br)cc4c3=O)C(=O)N2c2nccs2)c1. The quantitative estimate of drug-likeness (QED) is 0.300. The molecule has 0 spiro atoms. The van der Waals surface area contributed by atoms with E-state index in [1.165, 1.54) is 11.3 Å². The largest absolute Gasteiger partial charge is 0.494 e. The summed E-state index contributed by atoms with van der Waals surface area (Å²) in [5.74, 6) is 0.908. The summed E-state index contributed by atoms with van der Waals surface area (Å²) in [7, 11) is 0. The number of hydrogen-bond acceptors (Lipinski definition) is 6. The molecule has 1 atom stereocenters. The van der Waals surface area contributed by atoms with Crippen LogP contribution in [0.5, 0.6) is 5.75 Å². The van der Waals surface area contributed by atoms with Crippen molar-refractivity contribution in [1.82, 2.24) is 4.98 Å². The average molecular weight is 525 g/mol. The molecule has 8 heteroatoms. The van der Waals surface area contributed by atoms with Crippen LogP contribution < -0.4 is 15.1 Å². The predicted molar refractivity (Wildman–Crippen MR) is 132 cm³/mol. The van der Waals surface area contributed by atoms with Gasteiger partial charge in [0.25, 0.3) is 5.91 Å². The zero-order valence-electron chi connectivity index (χ0n) is 18.1. The maximum absolute atomic E-state index is 13.6. The number of benzene rings is 2. The fraction of sp³-hybridized carbons (Fsp3) is 0.240. The van der Waals surface area contributed by atoms with Gasteiger partial charge in [-0.3, -0.25) is 14.5 Å². The number of ether oxygens (including phenoxy) is 1. The molecule has 2 aromatic heterocycles. The van der Waals surface area contributed by atoms with Gasteiger partial charge in [0.05, 0.1) is 23.6 Å². The number of aromatic nitrogens is 1. The van der Waals surface area contributed by atoms with Gasteiger partial charge in [-0.1, -0.05) is 41.9 Å². The number of thiazole rings is 1. The van der Waals surface area contributed by atoms with Crippen molar-refractivity contribution in [3.8, 4) is 5.75 Å². The van der Waals surface area contributed by atoms with E-state index in [1.807, 2.05) is 24.3 Å². The number of hydrogen-bond donors (Lipinski definition) is 0. The summed E-state index contributed by atoms with van der Waals surface area (Å²) in [6, 6.07) is 12.1. The lowest BCUT2D eigenvalue weighted by Gasteiger charge is -2.23. The van der Waals surface area contributed by atoms with Crippen molar-refractivity contribution in [1.29, 1.82) is 0 Å². The first-order valence-corrected chi connectivity index (χ1v) is 12.3. The van der Waals surface area contributed by atoms with Gasteiger partial charge in [-0.15, -0.1) is 11.3 Å². The Morgan fingerprint density at radius 1 is 1.21 bits per heavy atom. The Hall–Kier alpha value is -2.97. The van der Waals surface area contributed by atoms with Crippen molar-refractivity contribution < 1.29 is 13.9 Å². The van der Waals surface area contributed by atoms with E-state index in [0.29, 0.717) is 39.9 Å². The van der Waals surface area contributed by atoms with Crippen molar-refractivity contribution in [2.75, 3.05) is 11.5 Å². The smallest absolute Gasteiger partial charge is 0.297 e. The lowest BCUT2D eigenvalue weighted by atomic mass is 9.98. The van der Waals surface area contributed by atoms with E-state index < -0.39 is 6.04 Å². The summed E-state index contributed by atoms with van der Waals surface area (Å²) < 4.78 is 12.7. The fourth-order valence-electron chi connectivity index (χ4n) is 3.98. The molecule has 0 fully saturated rings. The third-order valence-electron chi connectivity index (χ3n) is 5.60. The number of carbonyl (C=O) groups is 1. The minimum absolute atomic E-state index is 0.0566. The standard InChI is InChI=1S/C25H21BrN2O4S/c1-14(2)8-10-31-17-5-3-4-15(12-17)21-20-22(29)18-13-16(26)6-7-19(18)32-23(20)24(30)28(21)25-27-9-11-33-25/h3-7,9,11-14,21H,8,10H2,1-2H3. The number of carbonyl (C=O) groups excluding carboxylic acids is 1. The molecule has 1 unspecified atom stereocenters. The first kappa shape index (κ1) is 21.9. The van der Waals surface area contributed by atoms with E-state index >= 15 is 0 Å². The van der Waals surface area contributed by atoms with E-state index in [1.54, 1.807) is 34.7 Å². The molecule has 0 aliphatic carbocycles. The van der Waals surface area contributed by atoms with Gasteiger partial charge in [0.15, 0.2) is 10.6 Å². The van der Waals surface area contributed by atoms with Gasteiger partial charge in [0.2, 0.25) is 5.76 Å². The van der Waals surface area contributed by atoms with Crippen molar-refractivity contribution in [2.45, 2.75) is 26.3 Å². The molecule has 0 saturated carbocycles. The van der Waals surface area contributed by atoms with Crippen LogP contribution in [0, 0.1) is 5.92 Å². The minimum Gasteiger partial charge on any atom is -0.494 e. The average Bonchev–Trinajstić information content (AvgIpc) is 3.41. The molecule has 5 rings (SSSR count). The number of nitrogens with zero attached hydrogens (tertiary/aromatic N) is 2. The molecule has 6 nitrogen and oxygen atoms in total. The van der Waals surface area contributed by atoms with E-state index in [4.69, 9.17) is 9.15 Å². The maximum atomic E-state index is 13.6. The summed E-state index contributed by atoms with van der Waals surface area (Å²) in [6.45, 7) is 4.89. The minimum atomic E-state index is -0.660. The van der Waals surface area contributed by atoms with Crippen LogP contribution in [0.3, 0.4) is 0 Å². The first-order valence-electron chi connectivity index (χ1n) is 10.7. The Kier molecular flexibility index (Phi) is 5.80. The number of rotatable bonds is 6. The number of fused-ring (bicyclic) bond motifs is 2. The van der Waals surface area contributed by atoms with Gasteiger partial charge in [0.1, 0.15) is 11.3 Å². The molecule has 0 saturated heterocycles. The Balaban J connectivity index is 1.67. The lowest BCUT2D eigenvalue weighted by Crippen LogP contribution is -2.29. The molecule has 168 valence electrons. The van der Waals surface area contributed by atoms with E-state index in [2.05, 4.69) is 34.8 Å². The van der Waals surface area contributed by atoms with E-state index in [-0.39, 0.29) is 17.1 Å². The summed E-state index contributed by atoms with van der Waals surface area (Å²) >= 11 is 4.76. The monoisotopic (exact) mass is 524 g/mol. The third kappa shape index (κ3) is 3.98. The highest BCUT2D eigenvalue weighted by Gasteiger charge is 2.44. The van der Waals surface area contributed by atoms with Gasteiger partial charge in [0, 0.05) is 16.0 Å². The highest BCUT2D eigenvalue weighted by molar-refractivity contribution is 9.10. The zero-order chi connectivity index (χ0) is 23.1. The molecule has 33 heavy (non-hydrogen) atoms. The van der Waals surface area contributed by atoms with Crippen molar-refractivity contribution in [2.24, 2.45) is 5.92 Å². The van der Waals surface area contributed by atoms with Gasteiger partial charge >= 0.3 is 0 Å². The second-order valence-corrected chi connectivity index (χ2v) is 10.1. The molecule has 1 aliphatic heterocycles. The van der Waals surface area contributed by atoms with Crippen LogP contribution >= 0.6 is 27.3 Å². The van der Waals surface area contributed by atoms with Crippen molar-refractivity contribution >= 4 is 49.3 Å². The summed E-state index contributed by atoms with van der Waals surface area (Å²) in [6.07, 6.45) is 2.58. The van der Waals surface area contributed by atoms with Crippen LogP contribution in [0.15, 0.2) is 67.7 Å². The molecule has 0 bridgehead atoms. The molecule has 2 aromatic carbocycles. The van der Waals surface area contributed by atoms with Gasteiger partial charge in [-0.2, -0.15) is 0 Å². The lowest BCUT2D eigenvalue weighted by molar-refractivity contribution is 0.0971. The second-order valence-electron chi connectivity index (χ2n) is 8.31. The zero-order valence-corrected chi connectivity index (χ0v) is 20.5. The topological polar surface area (TPSA) is 72.6 Å². The highest BCUT2D eigenvalue weighted by atomic mass is 79.9. The summed E-state index contributed by atoms with van der Waals surface area (Å²) in [5.41, 5.74) is 1.23. The van der Waals surface area contributed by atoms with Crippen molar-refractivity contribution in [3.05, 3.63) is 85.6 Å². The van der Waals surface area contributed by atoms with Crippen molar-refractivity contribution in [3.63, 3.8) is 0 Å². The fourth-order valence-corrected chi connectivity index (χ4v) is 5.01. The van der Waals surface area contributed by atoms with Crippen LogP contribution in [-0.4, -0.2) is 17.5 Å². The molecule has 4 aromatic rings. The van der Waals surface area contributed by atoms with Crippen LogP contribution in [-0.2, 0) is 0 Å². The van der Waals surface area contributed by atoms with Gasteiger partial charge in [-0.05, 0) is 48.2 Å². The Morgan fingerprint density at radius 3 is 2.82 bits per heavy atom. The molecule has 1 aliphatic rings. The third-order valence-corrected chi connectivity index (χ3v) is 6.86. The Bertz CT molecular complexity index is 1400. The van der Waals surface area contributed by atoms with Crippen LogP contribution in [0.2, 0.25) is 0 Å².